The maximum absolute atomic E-state index is 3.94. The predicted octanol–water partition coefficient (Wildman–Crippen LogP) is 4.73. The number of rotatable bonds is 3. The van der Waals surface area contributed by atoms with Crippen LogP contribution in [0.15, 0.2) is 24.3 Å². The van der Waals surface area contributed by atoms with E-state index in [2.05, 4.69) is 50.4 Å². The summed E-state index contributed by atoms with van der Waals surface area (Å²) in [5, 5.41) is 3.94. The van der Waals surface area contributed by atoms with Crippen LogP contribution in [-0.2, 0) is 6.42 Å². The Morgan fingerprint density at radius 3 is 2.75 bits per heavy atom. The van der Waals surface area contributed by atoms with Gasteiger partial charge in [-0.3, -0.25) is 0 Å². The number of hydrogen-bond donors (Lipinski definition) is 1. The topological polar surface area (TPSA) is 12.0 Å². The quantitative estimate of drug-likeness (QED) is 0.838. The van der Waals surface area contributed by atoms with Crippen molar-refractivity contribution in [1.29, 1.82) is 0 Å². The highest BCUT2D eigenvalue weighted by Crippen LogP contribution is 2.43. The Balaban J connectivity index is 1.76. The summed E-state index contributed by atoms with van der Waals surface area (Å²) in [5.74, 6) is 1.80. The maximum Gasteiger partial charge on any atom is 0.0374 e. The Morgan fingerprint density at radius 2 is 2.00 bits per heavy atom. The molecule has 0 aliphatic heterocycles. The Morgan fingerprint density at radius 1 is 1.20 bits per heavy atom. The first-order valence-electron chi connectivity index (χ1n) is 8.39. The minimum absolute atomic E-state index is 0.371. The van der Waals surface area contributed by atoms with Crippen molar-refractivity contribution >= 4 is 0 Å². The maximum atomic E-state index is 3.94. The Bertz CT molecular complexity index is 463. The van der Waals surface area contributed by atoms with Crippen molar-refractivity contribution in [1.82, 2.24) is 5.32 Å². The molecule has 2 aliphatic rings. The lowest BCUT2D eigenvalue weighted by molar-refractivity contribution is 0.197. The van der Waals surface area contributed by atoms with E-state index in [1.807, 2.05) is 0 Å². The Hall–Kier alpha value is -0.820. The number of hydrogen-bond acceptors (Lipinski definition) is 1. The molecule has 1 fully saturated rings. The molecule has 2 aliphatic carbocycles. The number of aryl methyl sites for hydroxylation is 1. The van der Waals surface area contributed by atoms with Gasteiger partial charge in [-0.15, -0.1) is 0 Å². The SMILES string of the molecule is CC1CCCC1CNC1c2ccccc2CCC1(C)C. The second-order valence-corrected chi connectivity index (χ2v) is 7.70. The highest BCUT2D eigenvalue weighted by molar-refractivity contribution is 5.34. The summed E-state index contributed by atoms with van der Waals surface area (Å²) >= 11 is 0. The monoisotopic (exact) mass is 271 g/mol. The summed E-state index contributed by atoms with van der Waals surface area (Å²) in [6.45, 7) is 8.49. The zero-order valence-corrected chi connectivity index (χ0v) is 13.3. The van der Waals surface area contributed by atoms with Crippen LogP contribution in [0.5, 0.6) is 0 Å². The van der Waals surface area contributed by atoms with Crippen LogP contribution in [0.3, 0.4) is 0 Å². The smallest absolute Gasteiger partial charge is 0.0374 e. The molecule has 0 heterocycles. The highest BCUT2D eigenvalue weighted by atomic mass is 14.9. The van der Waals surface area contributed by atoms with E-state index in [-0.39, 0.29) is 0 Å². The standard InChI is InChI=1S/C19H29N/c1-14-7-6-9-16(14)13-20-18-17-10-5-4-8-15(17)11-12-19(18,2)3/h4-5,8,10,14,16,18,20H,6-7,9,11-13H2,1-3H3. The van der Waals surface area contributed by atoms with Gasteiger partial charge in [0.05, 0.1) is 0 Å². The van der Waals surface area contributed by atoms with Gasteiger partial charge in [0, 0.05) is 6.04 Å². The summed E-state index contributed by atoms with van der Waals surface area (Å²) in [4.78, 5) is 0. The van der Waals surface area contributed by atoms with Crippen molar-refractivity contribution in [2.24, 2.45) is 17.3 Å². The van der Waals surface area contributed by atoms with E-state index in [0.29, 0.717) is 11.5 Å². The second-order valence-electron chi connectivity index (χ2n) is 7.70. The molecule has 0 saturated heterocycles. The van der Waals surface area contributed by atoms with Gasteiger partial charge in [0.1, 0.15) is 0 Å². The van der Waals surface area contributed by atoms with Gasteiger partial charge in [-0.1, -0.05) is 57.9 Å². The van der Waals surface area contributed by atoms with Crippen molar-refractivity contribution in [3.63, 3.8) is 0 Å². The lowest BCUT2D eigenvalue weighted by Crippen LogP contribution is -2.40. The summed E-state index contributed by atoms with van der Waals surface area (Å²) in [6, 6.07) is 9.57. The summed E-state index contributed by atoms with van der Waals surface area (Å²) in [5.41, 5.74) is 3.48. The molecule has 1 nitrogen and oxygen atoms in total. The average Bonchev–Trinajstić information content (AvgIpc) is 2.83. The lowest BCUT2D eigenvalue weighted by atomic mass is 9.70. The molecule has 3 rings (SSSR count). The first-order chi connectivity index (χ1) is 9.58. The van der Waals surface area contributed by atoms with E-state index in [4.69, 9.17) is 0 Å². The van der Waals surface area contributed by atoms with Gasteiger partial charge in [0.2, 0.25) is 0 Å². The molecule has 0 aromatic heterocycles. The third-order valence-corrected chi connectivity index (χ3v) is 5.81. The van der Waals surface area contributed by atoms with Crippen LogP contribution in [0.1, 0.15) is 63.6 Å². The second kappa shape index (κ2) is 5.52. The molecular weight excluding hydrogens is 242 g/mol. The number of benzene rings is 1. The summed E-state index contributed by atoms with van der Waals surface area (Å²) in [6.07, 6.45) is 6.81. The van der Waals surface area contributed by atoms with E-state index in [0.717, 1.165) is 11.8 Å². The van der Waals surface area contributed by atoms with E-state index >= 15 is 0 Å². The summed E-state index contributed by atoms with van der Waals surface area (Å²) < 4.78 is 0. The van der Waals surface area contributed by atoms with Crippen molar-refractivity contribution in [3.8, 4) is 0 Å². The van der Waals surface area contributed by atoms with E-state index in [1.165, 1.54) is 38.6 Å². The third kappa shape index (κ3) is 2.65. The van der Waals surface area contributed by atoms with Gasteiger partial charge < -0.3 is 5.32 Å². The number of nitrogens with one attached hydrogen (secondary N) is 1. The molecular formula is C19H29N. The molecule has 1 aromatic carbocycles. The van der Waals surface area contributed by atoms with Crippen LogP contribution in [0.2, 0.25) is 0 Å². The highest BCUT2D eigenvalue weighted by Gasteiger charge is 2.36. The molecule has 1 aromatic rings. The fourth-order valence-electron chi connectivity index (χ4n) is 4.25. The third-order valence-electron chi connectivity index (χ3n) is 5.81. The van der Waals surface area contributed by atoms with Crippen molar-refractivity contribution in [3.05, 3.63) is 35.4 Å². The minimum Gasteiger partial charge on any atom is -0.309 e. The van der Waals surface area contributed by atoms with E-state index in [9.17, 15) is 0 Å². The van der Waals surface area contributed by atoms with Crippen LogP contribution >= 0.6 is 0 Å². The lowest BCUT2D eigenvalue weighted by Gasteiger charge is -2.41. The molecule has 0 amide bonds. The molecule has 0 radical (unpaired) electrons. The first-order valence-corrected chi connectivity index (χ1v) is 8.39. The van der Waals surface area contributed by atoms with Crippen LogP contribution < -0.4 is 5.32 Å². The van der Waals surface area contributed by atoms with Crippen molar-refractivity contribution in [2.45, 2.75) is 58.9 Å². The van der Waals surface area contributed by atoms with Gasteiger partial charge in [-0.2, -0.15) is 0 Å². The van der Waals surface area contributed by atoms with Gasteiger partial charge in [-0.25, -0.2) is 0 Å². The fraction of sp³-hybridized carbons (Fsp3) is 0.684. The molecule has 1 N–H and O–H groups in total. The zero-order valence-electron chi connectivity index (χ0n) is 13.3. The van der Waals surface area contributed by atoms with Gasteiger partial charge in [0.25, 0.3) is 0 Å². The molecule has 1 saturated carbocycles. The molecule has 0 spiro atoms. The Labute approximate surface area is 124 Å². The van der Waals surface area contributed by atoms with Gasteiger partial charge in [-0.05, 0) is 54.2 Å². The minimum atomic E-state index is 0.371. The normalized spacial score (nSPS) is 32.0. The molecule has 1 heteroatoms. The number of fused-ring (bicyclic) bond motifs is 1. The average molecular weight is 271 g/mol. The predicted molar refractivity (Wildman–Crippen MR) is 85.8 cm³/mol. The van der Waals surface area contributed by atoms with Crippen LogP contribution in [0.25, 0.3) is 0 Å². The van der Waals surface area contributed by atoms with Gasteiger partial charge >= 0.3 is 0 Å². The van der Waals surface area contributed by atoms with Crippen LogP contribution in [0.4, 0.5) is 0 Å². The molecule has 110 valence electrons. The van der Waals surface area contributed by atoms with E-state index < -0.39 is 0 Å². The molecule has 3 unspecified atom stereocenters. The first kappa shape index (κ1) is 14.1. The summed E-state index contributed by atoms with van der Waals surface area (Å²) in [7, 11) is 0. The molecule has 20 heavy (non-hydrogen) atoms. The van der Waals surface area contributed by atoms with Crippen LogP contribution in [-0.4, -0.2) is 6.54 Å². The van der Waals surface area contributed by atoms with Crippen LogP contribution in [0, 0.1) is 17.3 Å². The van der Waals surface area contributed by atoms with Crippen molar-refractivity contribution < 1.29 is 0 Å². The van der Waals surface area contributed by atoms with Crippen molar-refractivity contribution in [2.75, 3.05) is 6.54 Å². The van der Waals surface area contributed by atoms with E-state index in [1.54, 1.807) is 11.1 Å². The zero-order chi connectivity index (χ0) is 14.2. The molecule has 0 bridgehead atoms. The largest absolute Gasteiger partial charge is 0.309 e. The molecule has 3 atom stereocenters. The van der Waals surface area contributed by atoms with Gasteiger partial charge in [0.15, 0.2) is 0 Å². The fourth-order valence-corrected chi connectivity index (χ4v) is 4.25. The Kier molecular flexibility index (Phi) is 3.90.